The van der Waals surface area contributed by atoms with Crippen LogP contribution in [0.3, 0.4) is 0 Å². The van der Waals surface area contributed by atoms with Crippen LogP contribution in [-0.4, -0.2) is 25.0 Å². The van der Waals surface area contributed by atoms with E-state index in [9.17, 15) is 14.4 Å². The summed E-state index contributed by atoms with van der Waals surface area (Å²) in [7, 11) is 0. The third-order valence-corrected chi connectivity index (χ3v) is 5.45. The molecule has 0 saturated heterocycles. The van der Waals surface area contributed by atoms with Crippen LogP contribution in [0.25, 0.3) is 11.2 Å². The van der Waals surface area contributed by atoms with Crippen LogP contribution in [0.1, 0.15) is 18.1 Å². The Morgan fingerprint density at radius 1 is 1.00 bits per heavy atom. The lowest BCUT2D eigenvalue weighted by Gasteiger charge is -2.13. The molecule has 0 saturated carbocycles. The average molecular weight is 450 g/mol. The van der Waals surface area contributed by atoms with Gasteiger partial charge in [-0.25, -0.2) is 14.8 Å². The highest BCUT2D eigenvalue weighted by atomic mass is 35.5. The number of fused-ring (bicyclic) bond motifs is 1. The van der Waals surface area contributed by atoms with E-state index < -0.39 is 17.2 Å². The van der Waals surface area contributed by atoms with Gasteiger partial charge in [-0.05, 0) is 35.7 Å². The first-order chi connectivity index (χ1) is 15.5. The minimum atomic E-state index is -0.667. The number of halogens is 1. The number of benzene rings is 2. The van der Waals surface area contributed by atoms with Crippen LogP contribution in [0.15, 0.2) is 70.5 Å². The fourth-order valence-electron chi connectivity index (χ4n) is 3.38. The molecule has 0 aliphatic heterocycles. The molecule has 1 amide bonds. The molecule has 4 rings (SSSR count). The second-order valence-corrected chi connectivity index (χ2v) is 7.59. The first-order valence-electron chi connectivity index (χ1n) is 10.0. The molecule has 0 radical (unpaired) electrons. The standard InChI is InChI=1S/C23H20ClN5O3/c1-2-15-7-9-17(10-8-15)27-19(30)14-28-21-20(25-11-12-26-21)22(31)29(23(28)32)13-16-5-3-4-6-18(16)24/h3-12H,2,13-14H2,1H3,(H,27,30). The number of amides is 1. The molecule has 8 nitrogen and oxygen atoms in total. The maximum atomic E-state index is 13.2. The molecule has 2 aromatic heterocycles. The molecule has 0 spiro atoms. The number of hydrogen-bond donors (Lipinski definition) is 1. The summed E-state index contributed by atoms with van der Waals surface area (Å²) in [5.41, 5.74) is 1.15. The number of nitrogens with zero attached hydrogens (tertiary/aromatic N) is 4. The molecule has 9 heteroatoms. The summed E-state index contributed by atoms with van der Waals surface area (Å²) in [4.78, 5) is 47.1. The van der Waals surface area contributed by atoms with E-state index in [-0.39, 0.29) is 24.3 Å². The first kappa shape index (κ1) is 21.5. The number of nitrogens with one attached hydrogen (secondary N) is 1. The van der Waals surface area contributed by atoms with Crippen LogP contribution >= 0.6 is 11.6 Å². The predicted molar refractivity (Wildman–Crippen MR) is 123 cm³/mol. The van der Waals surface area contributed by atoms with Gasteiger partial charge in [0, 0.05) is 23.1 Å². The normalized spacial score (nSPS) is 10.9. The maximum absolute atomic E-state index is 13.2. The number of hydrogen-bond acceptors (Lipinski definition) is 5. The van der Waals surface area contributed by atoms with Crippen molar-refractivity contribution in [2.45, 2.75) is 26.4 Å². The Morgan fingerprint density at radius 2 is 1.72 bits per heavy atom. The van der Waals surface area contributed by atoms with Crippen molar-refractivity contribution in [2.24, 2.45) is 0 Å². The van der Waals surface area contributed by atoms with E-state index in [1.165, 1.54) is 12.4 Å². The Bertz CT molecular complexity index is 1410. The smallest absolute Gasteiger partial charge is 0.325 e. The molecule has 0 fully saturated rings. The molecule has 0 bridgehead atoms. The number of anilines is 1. The minimum absolute atomic E-state index is 0.000692. The lowest BCUT2D eigenvalue weighted by molar-refractivity contribution is -0.116. The van der Waals surface area contributed by atoms with Crippen molar-refractivity contribution in [3.63, 3.8) is 0 Å². The molecule has 1 N–H and O–H groups in total. The van der Waals surface area contributed by atoms with Crippen molar-refractivity contribution < 1.29 is 4.79 Å². The summed E-state index contributed by atoms with van der Waals surface area (Å²) < 4.78 is 2.16. The molecule has 2 aromatic carbocycles. The van der Waals surface area contributed by atoms with Gasteiger partial charge < -0.3 is 5.32 Å². The summed E-state index contributed by atoms with van der Waals surface area (Å²) in [6.45, 7) is 1.67. The van der Waals surface area contributed by atoms with E-state index in [2.05, 4.69) is 15.3 Å². The second kappa shape index (κ2) is 9.15. The van der Waals surface area contributed by atoms with E-state index in [0.29, 0.717) is 16.3 Å². The SMILES string of the molecule is CCc1ccc(NC(=O)Cn2c(=O)n(Cc3ccccc3Cl)c(=O)c3nccnc32)cc1. The van der Waals surface area contributed by atoms with Gasteiger partial charge in [0.25, 0.3) is 5.56 Å². The van der Waals surface area contributed by atoms with Crippen LogP contribution in [0.2, 0.25) is 5.02 Å². The third kappa shape index (κ3) is 4.31. The van der Waals surface area contributed by atoms with Crippen molar-refractivity contribution in [1.29, 1.82) is 0 Å². The summed E-state index contributed by atoms with van der Waals surface area (Å²) >= 11 is 6.22. The number of aromatic nitrogens is 4. The van der Waals surface area contributed by atoms with Gasteiger partial charge in [-0.1, -0.05) is 48.9 Å². The molecule has 2 heterocycles. The highest BCUT2D eigenvalue weighted by Crippen LogP contribution is 2.15. The van der Waals surface area contributed by atoms with Crippen molar-refractivity contribution in [1.82, 2.24) is 19.1 Å². The summed E-state index contributed by atoms with van der Waals surface area (Å²) in [6, 6.07) is 14.4. The van der Waals surface area contributed by atoms with Crippen molar-refractivity contribution >= 4 is 34.4 Å². The lowest BCUT2D eigenvalue weighted by atomic mass is 10.1. The molecule has 0 atom stereocenters. The Kier molecular flexibility index (Phi) is 6.13. The van der Waals surface area contributed by atoms with E-state index in [4.69, 9.17) is 11.6 Å². The van der Waals surface area contributed by atoms with Crippen molar-refractivity contribution in [3.8, 4) is 0 Å². The van der Waals surface area contributed by atoms with Crippen LogP contribution in [0, 0.1) is 0 Å². The topological polar surface area (TPSA) is 98.9 Å². The Balaban J connectivity index is 1.73. The first-order valence-corrected chi connectivity index (χ1v) is 10.4. The highest BCUT2D eigenvalue weighted by Gasteiger charge is 2.18. The fraction of sp³-hybridized carbons (Fsp3) is 0.174. The lowest BCUT2D eigenvalue weighted by Crippen LogP contribution is -2.42. The largest absolute Gasteiger partial charge is 0.333 e. The maximum Gasteiger partial charge on any atom is 0.333 e. The zero-order valence-corrected chi connectivity index (χ0v) is 18.0. The zero-order chi connectivity index (χ0) is 22.7. The van der Waals surface area contributed by atoms with Gasteiger partial charge in [-0.15, -0.1) is 0 Å². The summed E-state index contributed by atoms with van der Waals surface area (Å²) in [6.07, 6.45) is 3.63. The molecule has 0 unspecified atom stereocenters. The average Bonchev–Trinajstić information content (AvgIpc) is 2.81. The predicted octanol–water partition coefficient (Wildman–Crippen LogP) is 2.86. The van der Waals surface area contributed by atoms with E-state index in [0.717, 1.165) is 21.1 Å². The van der Waals surface area contributed by atoms with E-state index >= 15 is 0 Å². The van der Waals surface area contributed by atoms with Crippen LogP contribution in [0.4, 0.5) is 5.69 Å². The number of rotatable bonds is 6. The number of carbonyl (C=O) groups excluding carboxylic acids is 1. The monoisotopic (exact) mass is 449 g/mol. The van der Waals surface area contributed by atoms with Crippen molar-refractivity contribution in [2.75, 3.05) is 5.32 Å². The van der Waals surface area contributed by atoms with Crippen LogP contribution in [0.5, 0.6) is 0 Å². The fourth-order valence-corrected chi connectivity index (χ4v) is 3.57. The third-order valence-electron chi connectivity index (χ3n) is 5.08. The van der Waals surface area contributed by atoms with Gasteiger partial charge in [0.15, 0.2) is 11.2 Å². The summed E-state index contributed by atoms with van der Waals surface area (Å²) in [5, 5.41) is 3.20. The zero-order valence-electron chi connectivity index (χ0n) is 17.3. The van der Waals surface area contributed by atoms with Gasteiger partial charge in [0.2, 0.25) is 5.91 Å². The van der Waals surface area contributed by atoms with Crippen LogP contribution < -0.4 is 16.6 Å². The van der Waals surface area contributed by atoms with Crippen molar-refractivity contribution in [3.05, 3.63) is 97.9 Å². The molecule has 0 aliphatic rings. The number of aryl methyl sites for hydroxylation is 1. The summed E-state index contributed by atoms with van der Waals surface area (Å²) in [5.74, 6) is -0.425. The Labute approximate surface area is 188 Å². The second-order valence-electron chi connectivity index (χ2n) is 7.18. The quantitative estimate of drug-likeness (QED) is 0.488. The molecule has 162 valence electrons. The minimum Gasteiger partial charge on any atom is -0.325 e. The van der Waals surface area contributed by atoms with Gasteiger partial charge in [-0.2, -0.15) is 0 Å². The molecule has 0 aliphatic carbocycles. The van der Waals surface area contributed by atoms with Gasteiger partial charge in [0.1, 0.15) is 6.54 Å². The molecular weight excluding hydrogens is 430 g/mol. The van der Waals surface area contributed by atoms with Gasteiger partial charge in [0.05, 0.1) is 6.54 Å². The van der Waals surface area contributed by atoms with E-state index in [1.807, 2.05) is 19.1 Å². The molecule has 32 heavy (non-hydrogen) atoms. The Morgan fingerprint density at radius 3 is 2.44 bits per heavy atom. The molecule has 4 aromatic rings. The van der Waals surface area contributed by atoms with Gasteiger partial charge in [-0.3, -0.25) is 18.7 Å². The number of carbonyl (C=O) groups is 1. The molecular formula is C23H20ClN5O3. The van der Waals surface area contributed by atoms with Gasteiger partial charge >= 0.3 is 5.69 Å². The van der Waals surface area contributed by atoms with E-state index in [1.54, 1.807) is 36.4 Å². The highest BCUT2D eigenvalue weighted by molar-refractivity contribution is 6.31. The Hall–Kier alpha value is -3.78. The van der Waals surface area contributed by atoms with Crippen LogP contribution in [-0.2, 0) is 24.3 Å².